The van der Waals surface area contributed by atoms with Gasteiger partial charge in [-0.2, -0.15) is 0 Å². The predicted molar refractivity (Wildman–Crippen MR) is 115 cm³/mol. The predicted octanol–water partition coefficient (Wildman–Crippen LogP) is 3.47. The van der Waals surface area contributed by atoms with Crippen molar-refractivity contribution >= 4 is 5.91 Å². The van der Waals surface area contributed by atoms with Gasteiger partial charge in [-0.25, -0.2) is 0 Å². The Hall–Kier alpha value is -2.99. The molecule has 0 heterocycles. The van der Waals surface area contributed by atoms with Gasteiger partial charge in [0, 0.05) is 23.2 Å². The first kappa shape index (κ1) is 22.3. The van der Waals surface area contributed by atoms with Crippen LogP contribution in [0, 0.1) is 0 Å². The van der Waals surface area contributed by atoms with Crippen LogP contribution in [0.15, 0.2) is 49.1 Å². The lowest BCUT2D eigenvalue weighted by Gasteiger charge is -2.26. The fourth-order valence-electron chi connectivity index (χ4n) is 3.29. The quantitative estimate of drug-likeness (QED) is 0.621. The molecule has 2 rings (SSSR count). The van der Waals surface area contributed by atoms with Gasteiger partial charge in [-0.3, -0.25) is 4.79 Å². The number of ether oxygens (including phenoxy) is 3. The number of carbonyl (C=O) groups is 1. The summed E-state index contributed by atoms with van der Waals surface area (Å²) in [6.07, 6.45) is 2.34. The fraction of sp³-hybridized carbons (Fsp3) is 0.348. The second-order valence-electron chi connectivity index (χ2n) is 6.80. The number of nitrogens with zero attached hydrogens (tertiary/aromatic N) is 1. The largest absolute Gasteiger partial charge is 0.496 e. The maximum Gasteiger partial charge on any atom is 0.251 e. The lowest BCUT2D eigenvalue weighted by Crippen LogP contribution is -2.34. The topological polar surface area (TPSA) is 60.0 Å². The van der Waals surface area contributed by atoms with Gasteiger partial charge in [0.05, 0.1) is 27.4 Å². The van der Waals surface area contributed by atoms with E-state index in [1.807, 2.05) is 44.4 Å². The number of rotatable bonds is 10. The summed E-state index contributed by atoms with van der Waals surface area (Å²) in [6, 6.07) is 11.3. The Balaban J connectivity index is 2.26. The zero-order valence-electron chi connectivity index (χ0n) is 17.8. The van der Waals surface area contributed by atoms with Gasteiger partial charge in [0.1, 0.15) is 5.75 Å². The summed E-state index contributed by atoms with van der Waals surface area (Å²) < 4.78 is 16.3. The second-order valence-corrected chi connectivity index (χ2v) is 6.80. The fourth-order valence-corrected chi connectivity index (χ4v) is 3.29. The van der Waals surface area contributed by atoms with Crippen molar-refractivity contribution in [1.29, 1.82) is 0 Å². The normalized spacial score (nSPS) is 11.7. The second kappa shape index (κ2) is 10.5. The SMILES string of the molecule is C=CCc1cc(C(=O)NCC(c2ccccc2OC)N(C)C)cc(OC)c1OC. The average Bonchev–Trinajstić information content (AvgIpc) is 2.73. The van der Waals surface area contributed by atoms with Crippen molar-refractivity contribution in [2.24, 2.45) is 0 Å². The molecule has 0 aliphatic heterocycles. The maximum absolute atomic E-state index is 12.9. The summed E-state index contributed by atoms with van der Waals surface area (Å²) in [7, 11) is 8.73. The highest BCUT2D eigenvalue weighted by molar-refractivity contribution is 5.95. The molecule has 2 aromatic rings. The number of methoxy groups -OCH3 is 3. The number of nitrogens with one attached hydrogen (secondary N) is 1. The zero-order chi connectivity index (χ0) is 21.4. The van der Waals surface area contributed by atoms with E-state index in [-0.39, 0.29) is 11.9 Å². The highest BCUT2D eigenvalue weighted by atomic mass is 16.5. The highest BCUT2D eigenvalue weighted by Crippen LogP contribution is 2.33. The lowest BCUT2D eigenvalue weighted by atomic mass is 10.0. The van der Waals surface area contributed by atoms with Crippen molar-refractivity contribution in [3.63, 3.8) is 0 Å². The number of hydrogen-bond donors (Lipinski definition) is 1. The summed E-state index contributed by atoms with van der Waals surface area (Å²) in [5, 5.41) is 3.03. The minimum absolute atomic E-state index is 0.0390. The van der Waals surface area contributed by atoms with Gasteiger partial charge in [0.25, 0.3) is 5.91 Å². The van der Waals surface area contributed by atoms with E-state index in [1.165, 1.54) is 0 Å². The minimum Gasteiger partial charge on any atom is -0.496 e. The molecule has 1 unspecified atom stereocenters. The molecule has 1 amide bonds. The molecule has 156 valence electrons. The van der Waals surface area contributed by atoms with Crippen LogP contribution in [0.25, 0.3) is 0 Å². The third-order valence-corrected chi connectivity index (χ3v) is 4.76. The molecular weight excluding hydrogens is 368 g/mol. The monoisotopic (exact) mass is 398 g/mol. The first-order chi connectivity index (χ1) is 14.0. The number of hydrogen-bond acceptors (Lipinski definition) is 5. The van der Waals surface area contributed by atoms with Crippen molar-refractivity contribution < 1.29 is 19.0 Å². The molecule has 1 atom stereocenters. The third kappa shape index (κ3) is 5.29. The molecular formula is C23H30N2O4. The molecule has 0 fully saturated rings. The summed E-state index contributed by atoms with van der Waals surface area (Å²) in [4.78, 5) is 15.0. The van der Waals surface area contributed by atoms with E-state index < -0.39 is 0 Å². The van der Waals surface area contributed by atoms with Crippen LogP contribution in [0.5, 0.6) is 17.2 Å². The van der Waals surface area contributed by atoms with E-state index in [1.54, 1.807) is 33.5 Å². The van der Waals surface area contributed by atoms with Crippen molar-refractivity contribution in [2.75, 3.05) is 42.0 Å². The van der Waals surface area contributed by atoms with Crippen LogP contribution in [0.1, 0.15) is 27.5 Å². The van der Waals surface area contributed by atoms with Crippen molar-refractivity contribution in [3.8, 4) is 17.2 Å². The summed E-state index contributed by atoms with van der Waals surface area (Å²) in [6.45, 7) is 4.20. The lowest BCUT2D eigenvalue weighted by molar-refractivity contribution is 0.0941. The van der Waals surface area contributed by atoms with Crippen LogP contribution in [0.4, 0.5) is 0 Å². The molecule has 0 aliphatic carbocycles. The van der Waals surface area contributed by atoms with E-state index >= 15 is 0 Å². The maximum atomic E-state index is 12.9. The molecule has 0 radical (unpaired) electrons. The Morgan fingerprint density at radius 3 is 2.38 bits per heavy atom. The Morgan fingerprint density at radius 2 is 1.79 bits per heavy atom. The van der Waals surface area contributed by atoms with Gasteiger partial charge in [0.15, 0.2) is 11.5 Å². The molecule has 6 nitrogen and oxygen atoms in total. The van der Waals surface area contributed by atoms with Crippen molar-refractivity contribution in [3.05, 3.63) is 65.7 Å². The molecule has 0 saturated heterocycles. The van der Waals surface area contributed by atoms with Crippen LogP contribution >= 0.6 is 0 Å². The number of likely N-dealkylation sites (N-methyl/N-ethyl adjacent to an activating group) is 1. The van der Waals surface area contributed by atoms with Crippen molar-refractivity contribution in [1.82, 2.24) is 10.2 Å². The highest BCUT2D eigenvalue weighted by Gasteiger charge is 2.21. The molecule has 29 heavy (non-hydrogen) atoms. The van der Waals surface area contributed by atoms with E-state index in [0.29, 0.717) is 30.0 Å². The van der Waals surface area contributed by atoms with Crippen LogP contribution < -0.4 is 19.5 Å². The minimum atomic E-state index is -0.182. The molecule has 0 aliphatic rings. The number of amides is 1. The van der Waals surface area contributed by atoms with Gasteiger partial charge in [0.2, 0.25) is 0 Å². The van der Waals surface area contributed by atoms with Crippen LogP contribution in [0.2, 0.25) is 0 Å². The third-order valence-electron chi connectivity index (χ3n) is 4.76. The Labute approximate surface area is 173 Å². The standard InChI is InChI=1S/C23H30N2O4/c1-7-10-16-13-17(14-21(28-5)22(16)29-6)23(26)24-15-19(25(2)3)18-11-8-9-12-20(18)27-4/h7-9,11-14,19H,1,10,15H2,2-6H3,(H,24,26). The molecule has 0 aromatic heterocycles. The van der Waals surface area contributed by atoms with Gasteiger partial charge in [-0.1, -0.05) is 24.3 Å². The van der Waals surface area contributed by atoms with E-state index in [2.05, 4.69) is 16.8 Å². The number of benzene rings is 2. The van der Waals surface area contributed by atoms with Gasteiger partial charge in [-0.15, -0.1) is 6.58 Å². The average molecular weight is 399 g/mol. The molecule has 2 aromatic carbocycles. The zero-order valence-corrected chi connectivity index (χ0v) is 17.8. The molecule has 0 spiro atoms. The molecule has 0 saturated carbocycles. The first-order valence-electron chi connectivity index (χ1n) is 9.40. The summed E-state index contributed by atoms with van der Waals surface area (Å²) in [5.74, 6) is 1.74. The summed E-state index contributed by atoms with van der Waals surface area (Å²) >= 11 is 0. The number of carbonyl (C=O) groups excluding carboxylic acids is 1. The Bertz CT molecular complexity index is 849. The number of para-hydroxylation sites is 1. The van der Waals surface area contributed by atoms with Gasteiger partial charge < -0.3 is 24.4 Å². The number of allylic oxidation sites excluding steroid dienone is 1. The van der Waals surface area contributed by atoms with E-state index in [0.717, 1.165) is 16.9 Å². The smallest absolute Gasteiger partial charge is 0.251 e. The van der Waals surface area contributed by atoms with E-state index in [9.17, 15) is 4.79 Å². The van der Waals surface area contributed by atoms with Crippen LogP contribution in [-0.2, 0) is 6.42 Å². The van der Waals surface area contributed by atoms with Crippen LogP contribution in [-0.4, -0.2) is 52.8 Å². The first-order valence-corrected chi connectivity index (χ1v) is 9.40. The van der Waals surface area contributed by atoms with Gasteiger partial charge >= 0.3 is 0 Å². The Morgan fingerprint density at radius 1 is 1.10 bits per heavy atom. The Kier molecular flexibility index (Phi) is 8.09. The molecule has 1 N–H and O–H groups in total. The van der Waals surface area contributed by atoms with Crippen molar-refractivity contribution in [2.45, 2.75) is 12.5 Å². The molecule has 0 bridgehead atoms. The molecule has 6 heteroatoms. The van der Waals surface area contributed by atoms with E-state index in [4.69, 9.17) is 14.2 Å². The summed E-state index contributed by atoms with van der Waals surface area (Å²) in [5.41, 5.74) is 2.37. The van der Waals surface area contributed by atoms with Gasteiger partial charge in [-0.05, 0) is 38.7 Å². The van der Waals surface area contributed by atoms with Crippen LogP contribution in [0.3, 0.4) is 0 Å².